The molecule has 0 unspecified atom stereocenters. The Morgan fingerprint density at radius 3 is 2.79 bits per heavy atom. The van der Waals surface area contributed by atoms with E-state index in [9.17, 15) is 0 Å². The lowest BCUT2D eigenvalue weighted by molar-refractivity contribution is 0.0559. The summed E-state index contributed by atoms with van der Waals surface area (Å²) in [6.07, 6.45) is 3.12. The summed E-state index contributed by atoms with van der Waals surface area (Å²) in [6.45, 7) is 1.04. The van der Waals surface area contributed by atoms with Crippen LogP contribution in [0.25, 0.3) is 0 Å². The van der Waals surface area contributed by atoms with E-state index in [2.05, 4.69) is 10.1 Å². The van der Waals surface area contributed by atoms with Crippen molar-refractivity contribution in [1.29, 1.82) is 0 Å². The van der Waals surface area contributed by atoms with Gasteiger partial charge < -0.3 is 4.74 Å². The van der Waals surface area contributed by atoms with Gasteiger partial charge in [0.15, 0.2) is 0 Å². The molecule has 0 aliphatic heterocycles. The third-order valence-corrected chi connectivity index (χ3v) is 1.80. The molecule has 4 heteroatoms. The van der Waals surface area contributed by atoms with E-state index < -0.39 is 0 Å². The average molecular weight is 189 g/mol. The average Bonchev–Trinajstić information content (AvgIpc) is 2.72. The Balaban J connectivity index is 1.79. The molecule has 0 N–H and O–H groups in total. The Hall–Kier alpha value is -1.68. The fourth-order valence-electron chi connectivity index (χ4n) is 1.13. The summed E-state index contributed by atoms with van der Waals surface area (Å²) in [7, 11) is 0. The van der Waals surface area contributed by atoms with Crippen LogP contribution in [0.3, 0.4) is 0 Å². The van der Waals surface area contributed by atoms with Crippen molar-refractivity contribution in [2.24, 2.45) is 0 Å². The number of hydrogen-bond donors (Lipinski definition) is 0. The van der Waals surface area contributed by atoms with Gasteiger partial charge in [0.05, 0.1) is 6.61 Å². The second kappa shape index (κ2) is 4.53. The third kappa shape index (κ3) is 2.40. The number of nitrogens with zero attached hydrogens (tertiary/aromatic N) is 3. The predicted molar refractivity (Wildman–Crippen MR) is 51.3 cm³/mol. The third-order valence-electron chi connectivity index (χ3n) is 1.80. The summed E-state index contributed by atoms with van der Waals surface area (Å²) >= 11 is 0. The van der Waals surface area contributed by atoms with Gasteiger partial charge in [-0.15, -0.1) is 0 Å². The normalized spacial score (nSPS) is 10.3. The fraction of sp³-hybridized carbons (Fsp3) is 0.200. The van der Waals surface area contributed by atoms with E-state index in [0.29, 0.717) is 13.3 Å². The van der Waals surface area contributed by atoms with Gasteiger partial charge in [-0.25, -0.2) is 9.67 Å². The van der Waals surface area contributed by atoms with Crippen molar-refractivity contribution in [3.63, 3.8) is 0 Å². The van der Waals surface area contributed by atoms with E-state index >= 15 is 0 Å². The molecule has 1 heterocycles. The molecule has 0 saturated carbocycles. The molecule has 2 rings (SSSR count). The maximum Gasteiger partial charge on any atom is 0.141 e. The number of rotatable bonds is 4. The molecular formula is C10H11N3O. The molecule has 14 heavy (non-hydrogen) atoms. The maximum absolute atomic E-state index is 5.42. The van der Waals surface area contributed by atoms with Crippen LogP contribution >= 0.6 is 0 Å². The second-order valence-electron chi connectivity index (χ2n) is 2.90. The Labute approximate surface area is 82.2 Å². The van der Waals surface area contributed by atoms with E-state index in [1.165, 1.54) is 6.33 Å². The predicted octanol–water partition coefficient (Wildman–Crippen LogP) is 1.45. The minimum absolute atomic E-state index is 0.439. The SMILES string of the molecule is c1ccc(COCn2cncn2)cc1. The van der Waals surface area contributed by atoms with Crippen molar-refractivity contribution in [2.75, 3.05) is 0 Å². The van der Waals surface area contributed by atoms with Gasteiger partial charge in [0.1, 0.15) is 19.4 Å². The van der Waals surface area contributed by atoms with Crippen molar-refractivity contribution in [1.82, 2.24) is 14.8 Å². The summed E-state index contributed by atoms with van der Waals surface area (Å²) in [5, 5.41) is 3.93. The second-order valence-corrected chi connectivity index (χ2v) is 2.90. The van der Waals surface area contributed by atoms with Gasteiger partial charge in [-0.1, -0.05) is 30.3 Å². The molecule has 0 spiro atoms. The molecule has 0 amide bonds. The Kier molecular flexibility index (Phi) is 2.88. The minimum Gasteiger partial charge on any atom is -0.355 e. The molecule has 0 bridgehead atoms. The number of hydrogen-bond acceptors (Lipinski definition) is 3. The largest absolute Gasteiger partial charge is 0.355 e. The summed E-state index contributed by atoms with van der Waals surface area (Å²) < 4.78 is 7.07. The standard InChI is InChI=1S/C10H11N3O/c1-2-4-10(5-3-1)6-14-9-13-8-11-7-12-13/h1-5,7-8H,6,9H2. The van der Waals surface area contributed by atoms with Crippen molar-refractivity contribution in [3.05, 3.63) is 48.5 Å². The maximum atomic E-state index is 5.42. The van der Waals surface area contributed by atoms with E-state index in [4.69, 9.17) is 4.74 Å². The van der Waals surface area contributed by atoms with Crippen LogP contribution in [-0.4, -0.2) is 14.8 Å². The van der Waals surface area contributed by atoms with Gasteiger partial charge in [-0.3, -0.25) is 0 Å². The summed E-state index contributed by atoms with van der Waals surface area (Å²) in [5.74, 6) is 0. The van der Waals surface area contributed by atoms with E-state index in [-0.39, 0.29) is 0 Å². The van der Waals surface area contributed by atoms with Gasteiger partial charge in [0, 0.05) is 0 Å². The first-order valence-electron chi connectivity index (χ1n) is 4.39. The van der Waals surface area contributed by atoms with Crippen LogP contribution < -0.4 is 0 Å². The lowest BCUT2D eigenvalue weighted by Crippen LogP contribution is -2.02. The number of ether oxygens (including phenoxy) is 1. The zero-order chi connectivity index (χ0) is 9.64. The van der Waals surface area contributed by atoms with E-state index in [1.54, 1.807) is 11.0 Å². The smallest absolute Gasteiger partial charge is 0.141 e. The molecule has 0 saturated heterocycles. The van der Waals surface area contributed by atoms with Crippen LogP contribution in [0, 0.1) is 0 Å². The van der Waals surface area contributed by atoms with Crippen molar-refractivity contribution in [2.45, 2.75) is 13.3 Å². The van der Waals surface area contributed by atoms with Crippen LogP contribution in [0.4, 0.5) is 0 Å². The highest BCUT2D eigenvalue weighted by Crippen LogP contribution is 2.00. The summed E-state index contributed by atoms with van der Waals surface area (Å²) in [4.78, 5) is 3.82. The van der Waals surface area contributed by atoms with Crippen LogP contribution in [0.2, 0.25) is 0 Å². The highest BCUT2D eigenvalue weighted by Gasteiger charge is 1.92. The highest BCUT2D eigenvalue weighted by atomic mass is 16.5. The Morgan fingerprint density at radius 1 is 1.21 bits per heavy atom. The van der Waals surface area contributed by atoms with Gasteiger partial charge in [-0.05, 0) is 5.56 Å². The molecule has 2 aromatic rings. The Bertz CT molecular complexity index is 358. The molecule has 72 valence electrons. The van der Waals surface area contributed by atoms with Crippen molar-refractivity contribution >= 4 is 0 Å². The van der Waals surface area contributed by atoms with Gasteiger partial charge in [-0.2, -0.15) is 5.10 Å². The Morgan fingerprint density at radius 2 is 2.07 bits per heavy atom. The zero-order valence-corrected chi connectivity index (χ0v) is 7.71. The first-order valence-corrected chi connectivity index (χ1v) is 4.39. The topological polar surface area (TPSA) is 39.9 Å². The molecule has 1 aromatic carbocycles. The van der Waals surface area contributed by atoms with Crippen molar-refractivity contribution in [3.8, 4) is 0 Å². The molecule has 0 fully saturated rings. The van der Waals surface area contributed by atoms with Crippen LogP contribution in [0.1, 0.15) is 5.56 Å². The van der Waals surface area contributed by atoms with E-state index in [1.807, 2.05) is 30.3 Å². The zero-order valence-electron chi connectivity index (χ0n) is 7.71. The lowest BCUT2D eigenvalue weighted by atomic mass is 10.2. The molecule has 0 aliphatic carbocycles. The molecule has 1 aromatic heterocycles. The van der Waals surface area contributed by atoms with E-state index in [0.717, 1.165) is 5.56 Å². The van der Waals surface area contributed by atoms with Crippen molar-refractivity contribution < 1.29 is 4.74 Å². The van der Waals surface area contributed by atoms with Gasteiger partial charge in [0.25, 0.3) is 0 Å². The molecular weight excluding hydrogens is 178 g/mol. The fourth-order valence-corrected chi connectivity index (χ4v) is 1.13. The minimum atomic E-state index is 0.439. The quantitative estimate of drug-likeness (QED) is 0.730. The number of aromatic nitrogens is 3. The summed E-state index contributed by atoms with van der Waals surface area (Å²) in [5.41, 5.74) is 1.16. The summed E-state index contributed by atoms with van der Waals surface area (Å²) in [6, 6.07) is 10.0. The monoisotopic (exact) mass is 189 g/mol. The van der Waals surface area contributed by atoms with Gasteiger partial charge in [0.2, 0.25) is 0 Å². The first-order chi connectivity index (χ1) is 6.95. The lowest BCUT2D eigenvalue weighted by Gasteiger charge is -2.03. The highest BCUT2D eigenvalue weighted by molar-refractivity contribution is 5.13. The molecule has 4 nitrogen and oxygen atoms in total. The van der Waals surface area contributed by atoms with Crippen LogP contribution in [0.15, 0.2) is 43.0 Å². The van der Waals surface area contributed by atoms with Gasteiger partial charge >= 0.3 is 0 Å². The van der Waals surface area contributed by atoms with Crippen LogP contribution in [-0.2, 0) is 18.1 Å². The van der Waals surface area contributed by atoms with Crippen LogP contribution in [0.5, 0.6) is 0 Å². The number of benzene rings is 1. The molecule has 0 radical (unpaired) electrons. The molecule has 0 atom stereocenters. The first kappa shape index (κ1) is 8.90. The molecule has 0 aliphatic rings.